The van der Waals surface area contributed by atoms with Crippen molar-refractivity contribution in [2.24, 2.45) is 0 Å². The minimum Gasteiger partial charge on any atom is -0.509 e. The van der Waals surface area contributed by atoms with Gasteiger partial charge in [0.2, 0.25) is 0 Å². The summed E-state index contributed by atoms with van der Waals surface area (Å²) in [6.45, 7) is 16.4. The first-order valence-electron chi connectivity index (χ1n) is 19.3. The molecule has 0 fully saturated rings. The Balaban J connectivity index is 0.00000455. The van der Waals surface area contributed by atoms with Crippen LogP contribution in [-0.4, -0.2) is 9.55 Å². The Morgan fingerprint density at radius 2 is 1.33 bits per heavy atom. The molecule has 0 aliphatic carbocycles. The van der Waals surface area contributed by atoms with E-state index in [0.717, 1.165) is 56.8 Å². The molecule has 9 rings (SSSR count). The Labute approximate surface area is 350 Å². The van der Waals surface area contributed by atoms with E-state index in [0.29, 0.717) is 11.5 Å². The average molecular weight is 925 g/mol. The fourth-order valence-corrected chi connectivity index (χ4v) is 7.62. The third-order valence-corrected chi connectivity index (χ3v) is 10.7. The SMILES string of the molecule is CC(C)(C)c1cccc(CN2[CH-]N(c3[c-]c(Oc4[c-]c5c(cc4)c4cc(-c6ccccc6)ccc4n5-c4cc(C(C)(C)C)ccn4)ccc3)c3ccccc32)c1.[Pt]. The van der Waals surface area contributed by atoms with Crippen LogP contribution in [0.15, 0.2) is 146 Å². The molecule has 3 heterocycles. The maximum absolute atomic E-state index is 6.60. The summed E-state index contributed by atoms with van der Waals surface area (Å²) in [6, 6.07) is 56.3. The zero-order chi connectivity index (χ0) is 38.6. The summed E-state index contributed by atoms with van der Waals surface area (Å²) in [6.07, 6.45) is 1.91. The first-order chi connectivity index (χ1) is 27.0. The van der Waals surface area contributed by atoms with Gasteiger partial charge >= 0.3 is 0 Å². The normalized spacial score (nSPS) is 12.9. The van der Waals surface area contributed by atoms with Gasteiger partial charge in [0.05, 0.1) is 0 Å². The maximum Gasteiger partial charge on any atom is 0.135 e. The summed E-state index contributed by atoms with van der Waals surface area (Å²) in [5.74, 6) is 2.07. The van der Waals surface area contributed by atoms with E-state index in [4.69, 9.17) is 9.72 Å². The van der Waals surface area contributed by atoms with Crippen LogP contribution in [0.25, 0.3) is 38.8 Å². The zero-order valence-corrected chi connectivity index (χ0v) is 35.4. The molecule has 8 aromatic rings. The van der Waals surface area contributed by atoms with Gasteiger partial charge in [0.25, 0.3) is 0 Å². The molecule has 6 aromatic carbocycles. The van der Waals surface area contributed by atoms with Gasteiger partial charge in [-0.3, -0.25) is 0 Å². The molecule has 0 amide bonds. The molecule has 0 atom stereocenters. The second-order valence-electron chi connectivity index (χ2n) is 16.7. The van der Waals surface area contributed by atoms with Crippen LogP contribution in [0.3, 0.4) is 0 Å². The molecule has 5 nitrogen and oxygen atoms in total. The number of ether oxygens (including phenoxy) is 1. The number of nitrogens with zero attached hydrogens (tertiary/aromatic N) is 4. The monoisotopic (exact) mass is 924 g/mol. The quantitative estimate of drug-likeness (QED) is 0.149. The van der Waals surface area contributed by atoms with E-state index in [9.17, 15) is 0 Å². The smallest absolute Gasteiger partial charge is 0.135 e. The summed E-state index contributed by atoms with van der Waals surface area (Å²) in [5.41, 5.74) is 11.3. The average Bonchev–Trinajstić information content (AvgIpc) is 3.73. The number of aromatic nitrogens is 2. The standard InChI is InChI=1S/C51H45N4O.Pt/c1-50(2,3)38-17-12-14-35(28-38)33-53-34-54(47-21-11-10-20-46(47)53)40-18-13-19-41(31-40)56-42-23-24-43-44-29-37(36-15-8-7-9-16-36)22-25-45(44)55(48(43)32-42)49-30-39(26-27-52-49)51(4,5)6;/h7-30,34H,33H2,1-6H3;/q-3;. The summed E-state index contributed by atoms with van der Waals surface area (Å²) in [7, 11) is 0. The number of hydrogen-bond acceptors (Lipinski definition) is 4. The molecule has 0 spiro atoms. The minimum absolute atomic E-state index is 0. The van der Waals surface area contributed by atoms with Crippen LogP contribution >= 0.6 is 0 Å². The molecule has 6 heteroatoms. The number of pyridine rings is 1. The molecule has 0 N–H and O–H groups in total. The summed E-state index contributed by atoms with van der Waals surface area (Å²) in [5, 5.41) is 2.22. The van der Waals surface area contributed by atoms with Gasteiger partial charge in [-0.2, -0.15) is 18.8 Å². The van der Waals surface area contributed by atoms with Gasteiger partial charge in [-0.15, -0.1) is 41.4 Å². The molecule has 1 aliphatic rings. The van der Waals surface area contributed by atoms with Crippen molar-refractivity contribution < 1.29 is 25.8 Å². The van der Waals surface area contributed by atoms with Crippen molar-refractivity contribution in [1.82, 2.24) is 9.55 Å². The van der Waals surface area contributed by atoms with Crippen molar-refractivity contribution in [2.45, 2.75) is 58.9 Å². The van der Waals surface area contributed by atoms with Crippen molar-refractivity contribution >= 4 is 38.9 Å². The molecule has 1 aliphatic heterocycles. The zero-order valence-electron chi connectivity index (χ0n) is 33.2. The topological polar surface area (TPSA) is 33.5 Å². The number of rotatable bonds is 7. The van der Waals surface area contributed by atoms with Crippen molar-refractivity contribution in [2.75, 3.05) is 9.80 Å². The van der Waals surface area contributed by atoms with E-state index in [1.165, 1.54) is 22.3 Å². The van der Waals surface area contributed by atoms with Gasteiger partial charge in [-0.05, 0) is 74.4 Å². The largest absolute Gasteiger partial charge is 0.509 e. The summed E-state index contributed by atoms with van der Waals surface area (Å²) < 4.78 is 8.81. The Morgan fingerprint density at radius 3 is 2.12 bits per heavy atom. The molecule has 288 valence electrons. The van der Waals surface area contributed by atoms with E-state index >= 15 is 0 Å². The van der Waals surface area contributed by atoms with Crippen LogP contribution in [0.2, 0.25) is 0 Å². The van der Waals surface area contributed by atoms with Gasteiger partial charge < -0.3 is 19.1 Å². The van der Waals surface area contributed by atoms with Gasteiger partial charge in [0.1, 0.15) is 5.82 Å². The molecular weight excluding hydrogens is 880 g/mol. The Kier molecular flexibility index (Phi) is 10.1. The molecule has 57 heavy (non-hydrogen) atoms. The third kappa shape index (κ3) is 7.49. The maximum atomic E-state index is 6.60. The van der Waals surface area contributed by atoms with Gasteiger partial charge in [0.15, 0.2) is 0 Å². The Morgan fingerprint density at radius 1 is 0.614 bits per heavy atom. The summed E-state index contributed by atoms with van der Waals surface area (Å²) >= 11 is 0. The van der Waals surface area contributed by atoms with Crippen molar-refractivity contribution in [3.63, 3.8) is 0 Å². The first-order valence-corrected chi connectivity index (χ1v) is 19.3. The van der Waals surface area contributed by atoms with Crippen LogP contribution in [0.1, 0.15) is 58.2 Å². The van der Waals surface area contributed by atoms with E-state index in [1.54, 1.807) is 0 Å². The Bertz CT molecular complexity index is 2720. The fraction of sp³-hybridized carbons (Fsp3) is 0.176. The molecule has 0 unspecified atom stereocenters. The fourth-order valence-electron chi connectivity index (χ4n) is 7.62. The van der Waals surface area contributed by atoms with Crippen LogP contribution in [0.5, 0.6) is 11.5 Å². The second kappa shape index (κ2) is 15.0. The predicted octanol–water partition coefficient (Wildman–Crippen LogP) is 13.1. The first kappa shape index (κ1) is 38.2. The van der Waals surface area contributed by atoms with Crippen LogP contribution in [-0.2, 0) is 38.4 Å². The van der Waals surface area contributed by atoms with Crippen molar-refractivity contribution in [3.05, 3.63) is 181 Å². The third-order valence-electron chi connectivity index (χ3n) is 10.7. The van der Waals surface area contributed by atoms with E-state index in [2.05, 4.69) is 196 Å². The Hall–Kier alpha value is -5.64. The second-order valence-corrected chi connectivity index (χ2v) is 16.7. The molecule has 0 radical (unpaired) electrons. The molecular formula is C51H45N4OPt-3. The van der Waals surface area contributed by atoms with Crippen LogP contribution in [0.4, 0.5) is 17.1 Å². The number of benzene rings is 6. The molecule has 0 bridgehead atoms. The van der Waals surface area contributed by atoms with Gasteiger partial charge in [0, 0.05) is 62.2 Å². The van der Waals surface area contributed by atoms with Gasteiger partial charge in [-0.25, -0.2) is 4.98 Å². The molecule has 0 saturated heterocycles. The number of fused-ring (bicyclic) bond motifs is 4. The predicted molar refractivity (Wildman–Crippen MR) is 231 cm³/mol. The number of hydrogen-bond donors (Lipinski definition) is 0. The molecule has 0 saturated carbocycles. The van der Waals surface area contributed by atoms with Crippen molar-refractivity contribution in [1.29, 1.82) is 0 Å². The van der Waals surface area contributed by atoms with Crippen molar-refractivity contribution in [3.8, 4) is 28.4 Å². The van der Waals surface area contributed by atoms with Crippen LogP contribution < -0.4 is 14.5 Å². The van der Waals surface area contributed by atoms with Gasteiger partial charge in [-0.1, -0.05) is 126 Å². The van der Waals surface area contributed by atoms with E-state index in [1.807, 2.05) is 24.4 Å². The van der Waals surface area contributed by atoms with E-state index in [-0.39, 0.29) is 31.9 Å². The molecule has 2 aromatic heterocycles. The minimum atomic E-state index is -0.0303. The van der Waals surface area contributed by atoms with Crippen LogP contribution in [0, 0.1) is 18.8 Å². The number of anilines is 3. The summed E-state index contributed by atoms with van der Waals surface area (Å²) in [4.78, 5) is 9.40. The van der Waals surface area contributed by atoms with E-state index < -0.39 is 0 Å². The number of para-hydroxylation sites is 2.